The van der Waals surface area contributed by atoms with Gasteiger partial charge in [0.15, 0.2) is 0 Å². The summed E-state index contributed by atoms with van der Waals surface area (Å²) >= 11 is 0. The third kappa shape index (κ3) is 4.74. The van der Waals surface area contributed by atoms with Gasteiger partial charge in [-0.05, 0) is 84.9 Å². The summed E-state index contributed by atoms with van der Waals surface area (Å²) in [5, 5.41) is 18.6. The van der Waals surface area contributed by atoms with E-state index in [0.29, 0.717) is 0 Å². The minimum Gasteiger partial charge on any atom is -0.478 e. The van der Waals surface area contributed by atoms with Crippen LogP contribution in [0.25, 0.3) is 0 Å². The lowest BCUT2D eigenvalue weighted by Crippen LogP contribution is -2.31. The van der Waals surface area contributed by atoms with Crippen LogP contribution in [0, 0.1) is 0 Å². The van der Waals surface area contributed by atoms with Crippen LogP contribution in [0.2, 0.25) is 0 Å². The summed E-state index contributed by atoms with van der Waals surface area (Å²) in [6.45, 7) is 0. The normalized spacial score (nSPS) is 14.6. The number of rotatable bonds is 7. The highest BCUT2D eigenvalue weighted by molar-refractivity contribution is 6.37. The summed E-state index contributed by atoms with van der Waals surface area (Å²) in [5.74, 6) is -6.38. The van der Waals surface area contributed by atoms with Crippen molar-refractivity contribution in [3.8, 4) is 11.5 Å². The van der Waals surface area contributed by atoms with E-state index in [-0.39, 0.29) is 73.1 Å². The maximum absolute atomic E-state index is 13.7. The highest BCUT2D eigenvalue weighted by atomic mass is 16.5. The maximum Gasteiger partial charge on any atom is 0.335 e. The first-order valence-corrected chi connectivity index (χ1v) is 15.4. The molecule has 8 rings (SSSR count). The molecule has 0 aromatic heterocycles. The van der Waals surface area contributed by atoms with Crippen LogP contribution in [0.5, 0.6) is 11.5 Å². The summed E-state index contributed by atoms with van der Waals surface area (Å²) in [4.78, 5) is 105. The summed E-state index contributed by atoms with van der Waals surface area (Å²) < 4.78 is 5.96. The minimum absolute atomic E-state index is 0.000529. The third-order valence-electron chi connectivity index (χ3n) is 8.78. The molecule has 0 fully saturated rings. The molecule has 0 saturated heterocycles. The number of aromatic carboxylic acids is 2. The van der Waals surface area contributed by atoms with Gasteiger partial charge in [0.1, 0.15) is 11.5 Å². The average molecular weight is 694 g/mol. The zero-order chi connectivity index (χ0) is 36.6. The molecule has 5 aromatic carbocycles. The molecule has 252 valence electrons. The zero-order valence-corrected chi connectivity index (χ0v) is 26.2. The summed E-state index contributed by atoms with van der Waals surface area (Å²) in [6.07, 6.45) is 0. The number of ether oxygens (including phenoxy) is 1. The van der Waals surface area contributed by atoms with Crippen molar-refractivity contribution in [1.82, 2.24) is 0 Å². The van der Waals surface area contributed by atoms with Crippen LogP contribution in [0.15, 0.2) is 103 Å². The van der Waals surface area contributed by atoms with Crippen molar-refractivity contribution in [3.05, 3.63) is 148 Å². The second kappa shape index (κ2) is 11.4. The van der Waals surface area contributed by atoms with E-state index in [9.17, 15) is 48.6 Å². The first-order chi connectivity index (χ1) is 24.9. The number of nitrogens with zero attached hydrogens (tertiary/aromatic N) is 3. The van der Waals surface area contributed by atoms with Gasteiger partial charge in [-0.1, -0.05) is 12.1 Å². The van der Waals surface area contributed by atoms with Crippen molar-refractivity contribution < 1.29 is 53.3 Å². The Balaban J connectivity index is 1.03. The number of hydrogen-bond acceptors (Lipinski definition) is 9. The number of imide groups is 3. The molecule has 0 bridgehead atoms. The van der Waals surface area contributed by atoms with Gasteiger partial charge in [-0.25, -0.2) is 24.3 Å². The van der Waals surface area contributed by atoms with E-state index in [0.717, 1.165) is 26.8 Å². The molecule has 2 N–H and O–H groups in total. The molecule has 0 aliphatic carbocycles. The Bertz CT molecular complexity index is 2560. The Morgan fingerprint density at radius 3 is 1.23 bits per heavy atom. The summed E-state index contributed by atoms with van der Waals surface area (Å²) in [6, 6.07) is 23.1. The van der Waals surface area contributed by atoms with Gasteiger partial charge in [0.05, 0.1) is 61.6 Å². The molecule has 0 spiro atoms. The van der Waals surface area contributed by atoms with E-state index < -0.39 is 47.4 Å². The number of anilines is 3. The molecule has 0 saturated carbocycles. The van der Waals surface area contributed by atoms with E-state index >= 15 is 0 Å². The number of carboxylic acids is 2. The zero-order valence-electron chi connectivity index (χ0n) is 26.2. The quantitative estimate of drug-likeness (QED) is 0.211. The Labute approximate surface area is 291 Å². The van der Waals surface area contributed by atoms with E-state index in [4.69, 9.17) is 4.74 Å². The number of benzene rings is 5. The van der Waals surface area contributed by atoms with Gasteiger partial charge in [0, 0.05) is 6.07 Å². The van der Waals surface area contributed by atoms with E-state index in [1.807, 2.05) is 0 Å². The predicted octanol–water partition coefficient (Wildman–Crippen LogP) is 5.28. The molecule has 14 nitrogen and oxygen atoms in total. The molecule has 6 amide bonds. The van der Waals surface area contributed by atoms with Crippen LogP contribution in [0.1, 0.15) is 82.9 Å². The number of carbonyl (C=O) groups excluding carboxylic acids is 6. The van der Waals surface area contributed by atoms with Crippen molar-refractivity contribution in [1.29, 1.82) is 0 Å². The number of fused-ring (bicyclic) bond motifs is 3. The fraction of sp³-hybridized carbons (Fsp3) is 0. The standard InChI is InChI=1S/C38H19N3O11/c42-31-25-10-7-18(37(48)49)13-28(25)34(45)39(31)20-3-1-4-21(15-20)40-33(44)27-12-9-24(17-30(27)36(40)47)52-23-6-2-5-22(16-23)41-32(43)26-11-8-19(38(50)51)14-29(26)35(41)46/h1-17H,(H,48,49)(H,50,51). The Morgan fingerprint density at radius 1 is 0.404 bits per heavy atom. The topological polar surface area (TPSA) is 196 Å². The Kier molecular flexibility index (Phi) is 6.92. The molecule has 3 aliphatic rings. The molecule has 5 aromatic rings. The molecule has 52 heavy (non-hydrogen) atoms. The Morgan fingerprint density at radius 2 is 0.769 bits per heavy atom. The minimum atomic E-state index is -1.27. The van der Waals surface area contributed by atoms with Gasteiger partial charge < -0.3 is 14.9 Å². The lowest BCUT2D eigenvalue weighted by molar-refractivity contribution is 0.0686. The highest BCUT2D eigenvalue weighted by Crippen LogP contribution is 2.37. The monoisotopic (exact) mass is 693 g/mol. The molecule has 3 aliphatic heterocycles. The van der Waals surface area contributed by atoms with Crippen LogP contribution >= 0.6 is 0 Å². The largest absolute Gasteiger partial charge is 0.478 e. The molecular formula is C38H19N3O11. The number of amides is 6. The fourth-order valence-electron chi connectivity index (χ4n) is 6.33. The van der Waals surface area contributed by atoms with Gasteiger partial charge in [0.25, 0.3) is 35.4 Å². The van der Waals surface area contributed by atoms with E-state index in [1.165, 1.54) is 84.9 Å². The van der Waals surface area contributed by atoms with E-state index in [2.05, 4.69) is 0 Å². The van der Waals surface area contributed by atoms with Crippen molar-refractivity contribution >= 4 is 64.4 Å². The van der Waals surface area contributed by atoms with E-state index in [1.54, 1.807) is 6.07 Å². The molecule has 0 atom stereocenters. The van der Waals surface area contributed by atoms with Crippen LogP contribution in [-0.4, -0.2) is 57.6 Å². The molecule has 3 heterocycles. The predicted molar refractivity (Wildman–Crippen MR) is 180 cm³/mol. The van der Waals surface area contributed by atoms with Crippen LogP contribution in [0.3, 0.4) is 0 Å². The summed E-state index contributed by atoms with van der Waals surface area (Å²) in [5.41, 5.74) is -0.0513. The summed E-state index contributed by atoms with van der Waals surface area (Å²) in [7, 11) is 0. The van der Waals surface area contributed by atoms with Crippen molar-refractivity contribution in [2.45, 2.75) is 0 Å². The lowest BCUT2D eigenvalue weighted by atomic mass is 10.1. The smallest absolute Gasteiger partial charge is 0.335 e. The van der Waals surface area contributed by atoms with Gasteiger partial charge >= 0.3 is 11.9 Å². The number of carbonyl (C=O) groups is 8. The molecule has 0 unspecified atom stereocenters. The third-order valence-corrected chi connectivity index (χ3v) is 8.78. The van der Waals surface area contributed by atoms with Gasteiger partial charge in [-0.15, -0.1) is 0 Å². The molecular weight excluding hydrogens is 674 g/mol. The van der Waals surface area contributed by atoms with Crippen LogP contribution < -0.4 is 19.4 Å². The average Bonchev–Trinajstić information content (AvgIpc) is 3.65. The first-order valence-electron chi connectivity index (χ1n) is 15.4. The van der Waals surface area contributed by atoms with Gasteiger partial charge in [0.2, 0.25) is 0 Å². The highest BCUT2D eigenvalue weighted by Gasteiger charge is 2.41. The second-order valence-corrected chi connectivity index (χ2v) is 11.8. The number of hydrogen-bond donors (Lipinski definition) is 2. The fourth-order valence-corrected chi connectivity index (χ4v) is 6.33. The van der Waals surface area contributed by atoms with Crippen LogP contribution in [-0.2, 0) is 0 Å². The van der Waals surface area contributed by atoms with Crippen molar-refractivity contribution in [2.75, 3.05) is 14.7 Å². The van der Waals surface area contributed by atoms with Crippen molar-refractivity contribution in [2.24, 2.45) is 0 Å². The molecule has 0 radical (unpaired) electrons. The lowest BCUT2D eigenvalue weighted by Gasteiger charge is -2.18. The van der Waals surface area contributed by atoms with Gasteiger partial charge in [-0.3, -0.25) is 28.8 Å². The van der Waals surface area contributed by atoms with Gasteiger partial charge in [-0.2, -0.15) is 0 Å². The number of carboxylic acid groups (broad SMARTS) is 2. The SMILES string of the molecule is O=C(O)c1ccc2c(c1)C(=O)N(c1cccc(Oc3ccc4c(c3)C(=O)N(c3cccc(N5C(=O)c6ccc(C(=O)O)cc6C5=O)c3)C4=O)c1)C2=O. The van der Waals surface area contributed by atoms with Crippen molar-refractivity contribution in [3.63, 3.8) is 0 Å². The molecule has 14 heteroatoms. The first kappa shape index (κ1) is 31.5. The Hall–Kier alpha value is -7.74. The second-order valence-electron chi connectivity index (χ2n) is 11.8. The van der Waals surface area contributed by atoms with Crippen LogP contribution in [0.4, 0.5) is 17.1 Å². The maximum atomic E-state index is 13.7.